The molecule has 6 nitrogen and oxygen atoms in total. The van der Waals surface area contributed by atoms with Crippen LogP contribution >= 0.6 is 0 Å². The number of ether oxygens (including phenoxy) is 1. The van der Waals surface area contributed by atoms with E-state index < -0.39 is 0 Å². The highest BCUT2D eigenvalue weighted by Gasteiger charge is 2.34. The van der Waals surface area contributed by atoms with Gasteiger partial charge in [0.2, 0.25) is 11.8 Å². The normalized spacial score (nSPS) is 24.3. The van der Waals surface area contributed by atoms with Gasteiger partial charge >= 0.3 is 0 Å². The Bertz CT molecular complexity index is 593. The number of benzene rings is 1. The molecule has 136 valence electrons. The molecule has 25 heavy (non-hydrogen) atoms. The average Bonchev–Trinajstić information content (AvgIpc) is 3.11. The summed E-state index contributed by atoms with van der Waals surface area (Å²) in [6.07, 6.45) is 1.98. The largest absolute Gasteiger partial charge is 0.374 e. The van der Waals surface area contributed by atoms with Crippen LogP contribution in [0.3, 0.4) is 0 Å². The summed E-state index contributed by atoms with van der Waals surface area (Å²) in [5.41, 5.74) is 0.984. The molecule has 3 rings (SSSR count). The summed E-state index contributed by atoms with van der Waals surface area (Å²) in [6.45, 7) is 3.60. The lowest BCUT2D eigenvalue weighted by molar-refractivity contribution is -0.138. The number of nitrogens with one attached hydrogen (secondary N) is 1. The molecule has 0 radical (unpaired) electrons. The summed E-state index contributed by atoms with van der Waals surface area (Å²) in [5.74, 6) is -0.0340. The first-order chi connectivity index (χ1) is 12.1. The maximum atomic E-state index is 12.6. The molecule has 1 N–H and O–H groups in total. The van der Waals surface area contributed by atoms with Gasteiger partial charge in [-0.05, 0) is 25.5 Å². The molecule has 2 fully saturated rings. The highest BCUT2D eigenvalue weighted by atomic mass is 16.5. The fourth-order valence-electron chi connectivity index (χ4n) is 3.53. The number of likely N-dealkylation sites (tertiary alicyclic amines) is 1. The third-order valence-corrected chi connectivity index (χ3v) is 4.92. The number of morpholine rings is 1. The van der Waals surface area contributed by atoms with Crippen LogP contribution in [0.1, 0.15) is 18.4 Å². The zero-order valence-electron chi connectivity index (χ0n) is 14.8. The third-order valence-electron chi connectivity index (χ3n) is 4.92. The Kier molecular flexibility index (Phi) is 6.04. The minimum atomic E-state index is -0.350. The van der Waals surface area contributed by atoms with Crippen molar-refractivity contribution in [1.82, 2.24) is 15.1 Å². The second kappa shape index (κ2) is 8.45. The number of carbonyl (C=O) groups is 2. The van der Waals surface area contributed by atoms with Crippen LogP contribution < -0.4 is 5.32 Å². The van der Waals surface area contributed by atoms with Crippen molar-refractivity contribution in [2.24, 2.45) is 0 Å². The van der Waals surface area contributed by atoms with Crippen LogP contribution in [0.2, 0.25) is 0 Å². The molecular formula is C19H27N3O3. The molecule has 2 aliphatic rings. The molecule has 0 unspecified atom stereocenters. The molecule has 1 aromatic rings. The summed E-state index contributed by atoms with van der Waals surface area (Å²) in [4.78, 5) is 29.1. The van der Waals surface area contributed by atoms with E-state index in [2.05, 4.69) is 17.3 Å². The molecule has 6 heteroatoms. The molecule has 0 spiro atoms. The molecule has 2 amide bonds. The van der Waals surface area contributed by atoms with E-state index in [0.29, 0.717) is 26.1 Å². The minimum absolute atomic E-state index is 0.0255. The molecule has 2 aliphatic heterocycles. The molecule has 0 saturated carbocycles. The van der Waals surface area contributed by atoms with Crippen LogP contribution in [0.4, 0.5) is 0 Å². The summed E-state index contributed by atoms with van der Waals surface area (Å²) >= 11 is 0. The molecular weight excluding hydrogens is 318 g/mol. The van der Waals surface area contributed by atoms with Crippen molar-refractivity contribution < 1.29 is 14.3 Å². The van der Waals surface area contributed by atoms with Gasteiger partial charge in [0.05, 0.1) is 19.1 Å². The van der Waals surface area contributed by atoms with Gasteiger partial charge in [0.1, 0.15) is 6.04 Å². The topological polar surface area (TPSA) is 61.9 Å². The fourth-order valence-corrected chi connectivity index (χ4v) is 3.53. The Morgan fingerprint density at radius 1 is 1.24 bits per heavy atom. The number of nitrogens with zero attached hydrogens (tertiary/aromatic N) is 2. The first-order valence-corrected chi connectivity index (χ1v) is 9.05. The molecule has 2 heterocycles. The van der Waals surface area contributed by atoms with Crippen molar-refractivity contribution >= 4 is 11.8 Å². The van der Waals surface area contributed by atoms with E-state index in [1.165, 1.54) is 0 Å². The number of rotatable bonds is 5. The highest BCUT2D eigenvalue weighted by Crippen LogP contribution is 2.19. The van der Waals surface area contributed by atoms with E-state index in [1.807, 2.05) is 30.3 Å². The second-order valence-corrected chi connectivity index (χ2v) is 6.91. The molecule has 0 bridgehead atoms. The van der Waals surface area contributed by atoms with Crippen LogP contribution in [0.15, 0.2) is 30.3 Å². The summed E-state index contributed by atoms with van der Waals surface area (Å²) in [5, 5.41) is 2.98. The monoisotopic (exact) mass is 345 g/mol. The maximum absolute atomic E-state index is 12.6. The van der Waals surface area contributed by atoms with Gasteiger partial charge in [0.15, 0.2) is 0 Å². The summed E-state index contributed by atoms with van der Waals surface area (Å²) in [6, 6.07) is 9.33. The zero-order valence-corrected chi connectivity index (χ0v) is 14.8. The van der Waals surface area contributed by atoms with Gasteiger partial charge < -0.3 is 19.9 Å². The first-order valence-electron chi connectivity index (χ1n) is 9.05. The fraction of sp³-hybridized carbons (Fsp3) is 0.579. The van der Waals surface area contributed by atoms with Crippen LogP contribution in [0.5, 0.6) is 0 Å². The van der Waals surface area contributed by atoms with Crippen molar-refractivity contribution in [3.63, 3.8) is 0 Å². The molecule has 2 atom stereocenters. The van der Waals surface area contributed by atoms with Gasteiger partial charge in [-0.3, -0.25) is 9.59 Å². The van der Waals surface area contributed by atoms with Crippen molar-refractivity contribution in [3.8, 4) is 0 Å². The van der Waals surface area contributed by atoms with Gasteiger partial charge in [-0.1, -0.05) is 30.3 Å². The van der Waals surface area contributed by atoms with E-state index in [9.17, 15) is 9.59 Å². The Balaban J connectivity index is 1.51. The molecule has 1 aromatic carbocycles. The van der Waals surface area contributed by atoms with Crippen LogP contribution in [0.25, 0.3) is 0 Å². The number of hydrogen-bond donors (Lipinski definition) is 1. The lowest BCUT2D eigenvalue weighted by atomic mass is 10.1. The molecule has 0 aromatic heterocycles. The predicted molar refractivity (Wildman–Crippen MR) is 95.1 cm³/mol. The van der Waals surface area contributed by atoms with Gasteiger partial charge in [0.25, 0.3) is 0 Å². The molecule has 2 saturated heterocycles. The third kappa shape index (κ3) is 4.80. The second-order valence-electron chi connectivity index (χ2n) is 6.91. The van der Waals surface area contributed by atoms with E-state index in [0.717, 1.165) is 31.5 Å². The predicted octanol–water partition coefficient (Wildman–Crippen LogP) is 0.667. The Morgan fingerprint density at radius 3 is 2.80 bits per heavy atom. The Morgan fingerprint density at radius 2 is 2.04 bits per heavy atom. The average molecular weight is 345 g/mol. The van der Waals surface area contributed by atoms with Gasteiger partial charge in [0, 0.05) is 26.2 Å². The Hall–Kier alpha value is -1.92. The number of carbonyl (C=O) groups excluding carboxylic acids is 2. The zero-order chi connectivity index (χ0) is 17.6. The smallest absolute Gasteiger partial charge is 0.242 e. The van der Waals surface area contributed by atoms with Crippen molar-refractivity contribution in [3.05, 3.63) is 35.9 Å². The highest BCUT2D eigenvalue weighted by molar-refractivity contribution is 5.89. The van der Waals surface area contributed by atoms with E-state index in [1.54, 1.807) is 4.90 Å². The van der Waals surface area contributed by atoms with E-state index >= 15 is 0 Å². The maximum Gasteiger partial charge on any atom is 0.242 e. The number of hydrogen-bond acceptors (Lipinski definition) is 4. The van der Waals surface area contributed by atoms with E-state index in [-0.39, 0.29) is 24.0 Å². The van der Waals surface area contributed by atoms with Gasteiger partial charge in [-0.25, -0.2) is 0 Å². The first kappa shape index (κ1) is 17.9. The van der Waals surface area contributed by atoms with Crippen molar-refractivity contribution in [2.75, 3.05) is 39.8 Å². The van der Waals surface area contributed by atoms with Gasteiger partial charge in [-0.15, -0.1) is 0 Å². The van der Waals surface area contributed by atoms with Crippen molar-refractivity contribution in [2.45, 2.75) is 31.4 Å². The van der Waals surface area contributed by atoms with Crippen LogP contribution in [-0.2, 0) is 20.7 Å². The van der Waals surface area contributed by atoms with Crippen LogP contribution in [0, 0.1) is 0 Å². The summed E-state index contributed by atoms with van der Waals surface area (Å²) in [7, 11) is 2.05. The standard InChI is InChI=1S/C19H27N3O3/c1-21-10-11-25-16(14-21)13-20-19(24)17-8-5-9-22(17)18(23)12-15-6-3-2-4-7-15/h2-4,6-7,16-17H,5,8-14H2,1H3,(H,20,24)/t16-,17-/m0/s1. The lowest BCUT2D eigenvalue weighted by Gasteiger charge is -2.31. The van der Waals surface area contributed by atoms with Crippen molar-refractivity contribution in [1.29, 1.82) is 0 Å². The SMILES string of the molecule is CN1CCO[C@@H](CNC(=O)[C@@H]2CCCN2C(=O)Cc2ccccc2)C1. The number of likely N-dealkylation sites (N-methyl/N-ethyl adjacent to an activating group) is 1. The number of amides is 2. The molecule has 0 aliphatic carbocycles. The minimum Gasteiger partial charge on any atom is -0.374 e. The Labute approximate surface area is 149 Å². The van der Waals surface area contributed by atoms with Crippen LogP contribution in [-0.4, -0.2) is 73.6 Å². The lowest BCUT2D eigenvalue weighted by Crippen LogP contribution is -2.50. The quantitative estimate of drug-likeness (QED) is 0.852. The van der Waals surface area contributed by atoms with Gasteiger partial charge in [-0.2, -0.15) is 0 Å². The van der Waals surface area contributed by atoms with E-state index in [4.69, 9.17) is 4.74 Å². The summed E-state index contributed by atoms with van der Waals surface area (Å²) < 4.78 is 5.68.